The molecule has 0 atom stereocenters. The van der Waals surface area contributed by atoms with Crippen LogP contribution in [0, 0.1) is 5.39 Å². The van der Waals surface area contributed by atoms with Gasteiger partial charge in [-0.25, -0.2) is 0 Å². The van der Waals surface area contributed by atoms with Crippen molar-refractivity contribution in [1.82, 2.24) is 0 Å². The Morgan fingerprint density at radius 3 is 2.69 bits per heavy atom. The Kier molecular flexibility index (Phi) is 3.98. The summed E-state index contributed by atoms with van der Waals surface area (Å²) in [6.45, 7) is 2.18. The Bertz CT molecular complexity index is 299. The second-order valence-corrected chi connectivity index (χ2v) is 3.19. The fraction of sp³-hybridized carbons (Fsp3) is 0.455. The number of hydrogen-bond donors (Lipinski definition) is 0. The second kappa shape index (κ2) is 5.31. The van der Waals surface area contributed by atoms with Crippen LogP contribution in [-0.4, -0.2) is 0 Å². The van der Waals surface area contributed by atoms with Crippen molar-refractivity contribution in [2.75, 3.05) is 0 Å². The van der Waals surface area contributed by atoms with Crippen molar-refractivity contribution in [1.29, 1.82) is 5.39 Å². The quantitative estimate of drug-likeness (QED) is 0.503. The molecule has 0 spiro atoms. The number of nitrogens with zero attached hydrogens (tertiary/aromatic N) is 2. The van der Waals surface area contributed by atoms with Crippen molar-refractivity contribution in [2.45, 2.75) is 32.6 Å². The lowest BCUT2D eigenvalue weighted by Gasteiger charge is -1.96. The van der Waals surface area contributed by atoms with Gasteiger partial charge in [0.1, 0.15) is 0 Å². The van der Waals surface area contributed by atoms with E-state index >= 15 is 0 Å². The van der Waals surface area contributed by atoms with E-state index < -0.39 is 0 Å². The summed E-state index contributed by atoms with van der Waals surface area (Å²) in [6.07, 6.45) is 4.63. The summed E-state index contributed by atoms with van der Waals surface area (Å²) in [5.41, 5.74) is 1.84. The zero-order valence-electron chi connectivity index (χ0n) is 8.03. The van der Waals surface area contributed by atoms with Gasteiger partial charge in [0.2, 0.25) is 5.39 Å². The van der Waals surface area contributed by atoms with Gasteiger partial charge in [-0.05, 0) is 12.8 Å². The van der Waals surface area contributed by atoms with Gasteiger partial charge < -0.3 is 0 Å². The molecule has 68 valence electrons. The Hall–Kier alpha value is -1.36. The zero-order valence-corrected chi connectivity index (χ0v) is 8.03. The van der Waals surface area contributed by atoms with Gasteiger partial charge in [-0.3, -0.25) is 0 Å². The number of aryl methyl sites for hydroxylation is 1. The first-order valence-corrected chi connectivity index (χ1v) is 4.81. The van der Waals surface area contributed by atoms with Crippen LogP contribution in [0.25, 0.3) is 4.98 Å². The molecule has 2 nitrogen and oxygen atoms in total. The van der Waals surface area contributed by atoms with E-state index in [2.05, 4.69) is 11.9 Å². The molecular weight excluding hydrogens is 160 g/mol. The predicted molar refractivity (Wildman–Crippen MR) is 54.4 cm³/mol. The van der Waals surface area contributed by atoms with Crippen LogP contribution in [-0.2, 0) is 6.42 Å². The minimum absolute atomic E-state index is 0.707. The molecule has 1 rings (SSSR count). The fourth-order valence-electron chi connectivity index (χ4n) is 1.39. The summed E-state index contributed by atoms with van der Waals surface area (Å²) in [7, 11) is 0. The molecule has 0 amide bonds. The molecule has 0 bridgehead atoms. The van der Waals surface area contributed by atoms with Crippen LogP contribution in [0.15, 0.2) is 24.3 Å². The smallest absolute Gasteiger partial charge is 0.0654 e. The molecule has 0 heterocycles. The monoisotopic (exact) mass is 175 g/mol. The number of diazo groups is 1. The van der Waals surface area contributed by atoms with Crippen molar-refractivity contribution in [3.8, 4) is 0 Å². The lowest BCUT2D eigenvalue weighted by atomic mass is 10.1. The maximum atomic E-state index is 8.70. The summed E-state index contributed by atoms with van der Waals surface area (Å²) in [5, 5.41) is 8.70. The highest BCUT2D eigenvalue weighted by molar-refractivity contribution is 5.51. The Labute approximate surface area is 79.2 Å². The van der Waals surface area contributed by atoms with Gasteiger partial charge in [-0.2, -0.15) is 0 Å². The number of benzene rings is 1. The molecule has 0 aliphatic rings. The highest BCUT2D eigenvalue weighted by Gasteiger charge is 2.10. The molecule has 13 heavy (non-hydrogen) atoms. The SMILES string of the molecule is CCCCCc1ccccc1[N+]#N. The van der Waals surface area contributed by atoms with Crippen molar-refractivity contribution in [3.63, 3.8) is 0 Å². The van der Waals surface area contributed by atoms with Gasteiger partial charge in [0.15, 0.2) is 4.98 Å². The molecule has 0 saturated heterocycles. The Morgan fingerprint density at radius 2 is 2.00 bits per heavy atom. The second-order valence-electron chi connectivity index (χ2n) is 3.19. The van der Waals surface area contributed by atoms with E-state index in [4.69, 9.17) is 5.39 Å². The first kappa shape index (κ1) is 9.73. The van der Waals surface area contributed by atoms with Gasteiger partial charge in [0, 0.05) is 11.6 Å². The summed E-state index contributed by atoms with van der Waals surface area (Å²) < 4.78 is 0. The molecule has 0 unspecified atom stereocenters. The van der Waals surface area contributed by atoms with Crippen LogP contribution in [0.3, 0.4) is 0 Å². The third-order valence-corrected chi connectivity index (χ3v) is 2.15. The van der Waals surface area contributed by atoms with Crippen LogP contribution >= 0.6 is 0 Å². The highest BCUT2D eigenvalue weighted by Crippen LogP contribution is 2.20. The molecule has 0 saturated carbocycles. The lowest BCUT2D eigenvalue weighted by Crippen LogP contribution is -1.84. The zero-order chi connectivity index (χ0) is 9.52. The topological polar surface area (TPSA) is 28.1 Å². The predicted octanol–water partition coefficient (Wildman–Crippen LogP) is 3.90. The fourth-order valence-corrected chi connectivity index (χ4v) is 1.39. The molecule has 0 N–H and O–H groups in total. The van der Waals surface area contributed by atoms with E-state index in [0.29, 0.717) is 5.69 Å². The maximum absolute atomic E-state index is 8.70. The van der Waals surface area contributed by atoms with Gasteiger partial charge in [-0.1, -0.05) is 38.0 Å². The van der Waals surface area contributed by atoms with Crippen LogP contribution in [0.5, 0.6) is 0 Å². The van der Waals surface area contributed by atoms with Gasteiger partial charge in [0.25, 0.3) is 0 Å². The van der Waals surface area contributed by atoms with E-state index in [1.165, 1.54) is 19.3 Å². The number of rotatable bonds is 4. The minimum atomic E-state index is 0.707. The van der Waals surface area contributed by atoms with Crippen LogP contribution in [0.2, 0.25) is 0 Å². The van der Waals surface area contributed by atoms with Crippen LogP contribution in [0.4, 0.5) is 5.69 Å². The highest BCUT2D eigenvalue weighted by atomic mass is 14.8. The molecule has 1 aromatic carbocycles. The molecule has 2 heteroatoms. The minimum Gasteiger partial charge on any atom is -0.0654 e. The van der Waals surface area contributed by atoms with Crippen molar-refractivity contribution < 1.29 is 0 Å². The molecular formula is C11H15N2+. The van der Waals surface area contributed by atoms with Gasteiger partial charge in [0.05, 0.1) is 0 Å². The van der Waals surface area contributed by atoms with E-state index in [9.17, 15) is 0 Å². The van der Waals surface area contributed by atoms with E-state index in [0.717, 1.165) is 12.0 Å². The summed E-state index contributed by atoms with van der Waals surface area (Å²) >= 11 is 0. The third kappa shape index (κ3) is 2.87. The average molecular weight is 175 g/mol. The molecule has 0 radical (unpaired) electrons. The summed E-state index contributed by atoms with van der Waals surface area (Å²) in [5.74, 6) is 0. The molecule has 0 aromatic heterocycles. The summed E-state index contributed by atoms with van der Waals surface area (Å²) in [6, 6.07) is 7.72. The Morgan fingerprint density at radius 1 is 1.23 bits per heavy atom. The normalized spacial score (nSPS) is 9.54. The molecule has 1 aromatic rings. The first-order chi connectivity index (χ1) is 6.38. The van der Waals surface area contributed by atoms with Crippen LogP contribution < -0.4 is 0 Å². The van der Waals surface area contributed by atoms with E-state index in [1.807, 2.05) is 24.3 Å². The van der Waals surface area contributed by atoms with Gasteiger partial charge >= 0.3 is 5.69 Å². The molecule has 0 aliphatic heterocycles. The van der Waals surface area contributed by atoms with E-state index in [-0.39, 0.29) is 0 Å². The third-order valence-electron chi connectivity index (χ3n) is 2.15. The average Bonchev–Trinajstić information content (AvgIpc) is 2.19. The lowest BCUT2D eigenvalue weighted by molar-refractivity contribution is 0.718. The largest absolute Gasteiger partial charge is 0.388 e. The first-order valence-electron chi connectivity index (χ1n) is 4.81. The van der Waals surface area contributed by atoms with E-state index in [1.54, 1.807) is 0 Å². The molecule has 0 fully saturated rings. The van der Waals surface area contributed by atoms with Crippen LogP contribution in [0.1, 0.15) is 31.7 Å². The maximum Gasteiger partial charge on any atom is 0.388 e. The van der Waals surface area contributed by atoms with Crippen molar-refractivity contribution >= 4 is 5.69 Å². The standard InChI is InChI=1S/C11H15N2/c1-2-3-4-7-10-8-5-6-9-11(10)13-12/h5-6,8-9H,2-4,7H2,1H3/q+1. The van der Waals surface area contributed by atoms with Crippen molar-refractivity contribution in [2.24, 2.45) is 0 Å². The Balaban J connectivity index is 2.60. The summed E-state index contributed by atoms with van der Waals surface area (Å²) in [4.78, 5) is 3.25. The van der Waals surface area contributed by atoms with Gasteiger partial charge in [-0.15, -0.1) is 0 Å². The number of hydrogen-bond acceptors (Lipinski definition) is 1. The molecule has 0 aliphatic carbocycles. The van der Waals surface area contributed by atoms with Crippen molar-refractivity contribution in [3.05, 3.63) is 34.8 Å². The number of unbranched alkanes of at least 4 members (excludes halogenated alkanes) is 2.